The molecule has 1 aliphatic rings. The van der Waals surface area contributed by atoms with Gasteiger partial charge >= 0.3 is 0 Å². The van der Waals surface area contributed by atoms with E-state index in [0.29, 0.717) is 25.4 Å². The lowest BCUT2D eigenvalue weighted by molar-refractivity contribution is -0.119. The maximum absolute atomic E-state index is 12.2. The van der Waals surface area contributed by atoms with Gasteiger partial charge in [0.1, 0.15) is 0 Å². The summed E-state index contributed by atoms with van der Waals surface area (Å²) in [5, 5.41) is 8.96. The average molecular weight is 444 g/mol. The van der Waals surface area contributed by atoms with Gasteiger partial charge in [0.25, 0.3) is 5.91 Å². The first kappa shape index (κ1) is 21.0. The zero-order valence-electron chi connectivity index (χ0n) is 16.6. The summed E-state index contributed by atoms with van der Waals surface area (Å²) >= 11 is 2.98. The molecule has 158 valence electrons. The predicted octanol–water partition coefficient (Wildman–Crippen LogP) is 3.52. The summed E-state index contributed by atoms with van der Waals surface area (Å²) in [5.74, 6) is 0.352. The van der Waals surface area contributed by atoms with E-state index in [1.54, 1.807) is 0 Å². The second kappa shape index (κ2) is 10.1. The van der Waals surface area contributed by atoms with Crippen molar-refractivity contribution in [1.82, 2.24) is 15.2 Å². The van der Waals surface area contributed by atoms with Crippen LogP contribution in [0.4, 0.5) is 0 Å². The summed E-state index contributed by atoms with van der Waals surface area (Å²) in [5.41, 5.74) is 1.10. The van der Waals surface area contributed by atoms with E-state index in [-0.39, 0.29) is 17.9 Å². The lowest BCUT2D eigenvalue weighted by Crippen LogP contribution is -2.32. The quantitative estimate of drug-likeness (QED) is 0.497. The van der Waals surface area contributed by atoms with Crippen LogP contribution in [0.25, 0.3) is 10.9 Å². The first-order valence-electron chi connectivity index (χ1n) is 10.1. The number of carbonyl (C=O) groups is 2. The molecule has 1 saturated heterocycles. The molecular formula is C22H25N3O3S2. The van der Waals surface area contributed by atoms with Gasteiger partial charge in [-0.2, -0.15) is 0 Å². The van der Waals surface area contributed by atoms with E-state index in [9.17, 15) is 9.59 Å². The molecule has 2 amide bonds. The standard InChI is InChI=1S/C22H25N3O3S2/c26-21(24-13-16-5-3-11-28-16)15-30-20-14-25(18-7-2-1-6-17(18)20)10-9-23-22(27)19-8-4-12-29-19/h1-2,4,6-8,12,14,16H,3,5,9-11,13,15H2,(H,23,27)(H,24,26)/t16-/m1/s1. The molecule has 6 nitrogen and oxygen atoms in total. The highest BCUT2D eigenvalue weighted by Gasteiger charge is 2.17. The molecule has 2 N–H and O–H groups in total. The number of benzene rings is 1. The second-order valence-corrected chi connectivity index (χ2v) is 9.13. The molecule has 1 aliphatic heterocycles. The number of aromatic nitrogens is 1. The van der Waals surface area contributed by atoms with Gasteiger partial charge in [0.15, 0.2) is 0 Å². The van der Waals surface area contributed by atoms with Crippen LogP contribution < -0.4 is 10.6 Å². The van der Waals surface area contributed by atoms with Crippen molar-refractivity contribution in [3.8, 4) is 0 Å². The number of carbonyl (C=O) groups excluding carboxylic acids is 2. The van der Waals surface area contributed by atoms with Gasteiger partial charge in [-0.15, -0.1) is 23.1 Å². The molecule has 1 fully saturated rings. The molecule has 0 unspecified atom stereocenters. The third-order valence-electron chi connectivity index (χ3n) is 5.04. The Bertz CT molecular complexity index is 994. The normalized spacial score (nSPS) is 16.1. The fraction of sp³-hybridized carbons (Fsp3) is 0.364. The highest BCUT2D eigenvalue weighted by atomic mass is 32.2. The molecule has 2 aromatic heterocycles. The smallest absolute Gasteiger partial charge is 0.261 e. The summed E-state index contributed by atoms with van der Waals surface area (Å²) < 4.78 is 7.69. The van der Waals surface area contributed by atoms with Crippen LogP contribution in [0.3, 0.4) is 0 Å². The molecule has 8 heteroatoms. The number of ether oxygens (including phenoxy) is 1. The minimum atomic E-state index is -0.0426. The van der Waals surface area contributed by atoms with Crippen molar-refractivity contribution in [1.29, 1.82) is 0 Å². The zero-order chi connectivity index (χ0) is 20.8. The summed E-state index contributed by atoms with van der Waals surface area (Å²) in [4.78, 5) is 26.2. The van der Waals surface area contributed by atoms with Crippen molar-refractivity contribution in [2.45, 2.75) is 30.4 Å². The van der Waals surface area contributed by atoms with Crippen LogP contribution >= 0.6 is 23.1 Å². The fourth-order valence-corrected chi connectivity index (χ4v) is 5.08. The van der Waals surface area contributed by atoms with Crippen molar-refractivity contribution < 1.29 is 14.3 Å². The minimum absolute atomic E-state index is 0.0237. The first-order chi connectivity index (χ1) is 14.7. The zero-order valence-corrected chi connectivity index (χ0v) is 18.3. The number of hydrogen-bond donors (Lipinski definition) is 2. The Kier molecular flexibility index (Phi) is 7.09. The van der Waals surface area contributed by atoms with Gasteiger partial charge in [0.2, 0.25) is 5.91 Å². The van der Waals surface area contributed by atoms with Crippen LogP contribution in [0.2, 0.25) is 0 Å². The van der Waals surface area contributed by atoms with Crippen LogP contribution in [0.15, 0.2) is 52.9 Å². The van der Waals surface area contributed by atoms with Gasteiger partial charge < -0.3 is 19.9 Å². The number of amides is 2. The van der Waals surface area contributed by atoms with E-state index in [4.69, 9.17) is 4.74 Å². The molecule has 30 heavy (non-hydrogen) atoms. The van der Waals surface area contributed by atoms with Gasteiger partial charge in [0.05, 0.1) is 16.7 Å². The van der Waals surface area contributed by atoms with Crippen molar-refractivity contribution in [3.05, 3.63) is 52.9 Å². The van der Waals surface area contributed by atoms with Crippen molar-refractivity contribution >= 4 is 45.8 Å². The monoisotopic (exact) mass is 443 g/mol. The molecule has 1 atom stereocenters. The molecule has 3 aromatic rings. The van der Waals surface area contributed by atoms with Crippen molar-refractivity contribution in [3.63, 3.8) is 0 Å². The number of fused-ring (bicyclic) bond motifs is 1. The number of nitrogens with zero attached hydrogens (tertiary/aromatic N) is 1. The Hall–Kier alpha value is -2.29. The van der Waals surface area contributed by atoms with Crippen LogP contribution in [-0.4, -0.2) is 47.9 Å². The van der Waals surface area contributed by atoms with Gasteiger partial charge in [-0.05, 0) is 30.4 Å². The first-order valence-corrected chi connectivity index (χ1v) is 12.0. The van der Waals surface area contributed by atoms with E-state index in [1.165, 1.54) is 23.1 Å². The Balaban J connectivity index is 1.33. The third kappa shape index (κ3) is 5.24. The van der Waals surface area contributed by atoms with Crippen LogP contribution in [-0.2, 0) is 16.1 Å². The van der Waals surface area contributed by atoms with Gasteiger partial charge in [0, 0.05) is 48.2 Å². The van der Waals surface area contributed by atoms with Crippen LogP contribution in [0.1, 0.15) is 22.5 Å². The molecule has 0 saturated carbocycles. The number of thioether (sulfide) groups is 1. The number of hydrogen-bond acceptors (Lipinski definition) is 5. The minimum Gasteiger partial charge on any atom is -0.376 e. The maximum atomic E-state index is 12.2. The number of thiophene rings is 1. The van der Waals surface area contributed by atoms with Gasteiger partial charge in [-0.25, -0.2) is 0 Å². The highest BCUT2D eigenvalue weighted by molar-refractivity contribution is 8.00. The molecule has 1 aromatic carbocycles. The van der Waals surface area contributed by atoms with E-state index in [0.717, 1.165) is 40.1 Å². The van der Waals surface area contributed by atoms with Gasteiger partial charge in [-0.1, -0.05) is 24.3 Å². The fourth-order valence-electron chi connectivity index (χ4n) is 3.53. The number of rotatable bonds is 9. The maximum Gasteiger partial charge on any atom is 0.261 e. The van der Waals surface area contributed by atoms with Crippen LogP contribution in [0.5, 0.6) is 0 Å². The number of para-hydroxylation sites is 1. The molecule has 0 radical (unpaired) electrons. The van der Waals surface area contributed by atoms with Crippen LogP contribution in [0, 0.1) is 0 Å². The summed E-state index contributed by atoms with van der Waals surface area (Å²) in [6.07, 6.45) is 4.32. The van der Waals surface area contributed by atoms with E-state index in [1.807, 2.05) is 29.6 Å². The summed E-state index contributed by atoms with van der Waals surface area (Å²) in [7, 11) is 0. The Morgan fingerprint density at radius 1 is 1.20 bits per heavy atom. The second-order valence-electron chi connectivity index (χ2n) is 7.16. The van der Waals surface area contributed by atoms with Gasteiger partial charge in [-0.3, -0.25) is 9.59 Å². The summed E-state index contributed by atoms with van der Waals surface area (Å²) in [6, 6.07) is 11.8. The Morgan fingerprint density at radius 3 is 2.90 bits per heavy atom. The van der Waals surface area contributed by atoms with Crippen molar-refractivity contribution in [2.75, 3.05) is 25.4 Å². The molecule has 0 aliphatic carbocycles. The Labute approximate surface area is 184 Å². The lowest BCUT2D eigenvalue weighted by Gasteiger charge is -2.10. The Morgan fingerprint density at radius 2 is 2.10 bits per heavy atom. The van der Waals surface area contributed by atoms with E-state index < -0.39 is 0 Å². The molecular weight excluding hydrogens is 418 g/mol. The molecule has 4 rings (SSSR count). The molecule has 0 bridgehead atoms. The SMILES string of the molecule is O=C(CSc1cn(CCNC(=O)c2cccs2)c2ccccc12)NC[C@H]1CCCO1. The third-order valence-corrected chi connectivity index (χ3v) is 6.96. The molecule has 0 spiro atoms. The van der Waals surface area contributed by atoms with Crippen molar-refractivity contribution in [2.24, 2.45) is 0 Å². The highest BCUT2D eigenvalue weighted by Crippen LogP contribution is 2.29. The molecule has 3 heterocycles. The predicted molar refractivity (Wildman–Crippen MR) is 121 cm³/mol. The topological polar surface area (TPSA) is 72.4 Å². The summed E-state index contributed by atoms with van der Waals surface area (Å²) in [6.45, 7) is 2.60. The average Bonchev–Trinajstić information content (AvgIpc) is 3.52. The largest absolute Gasteiger partial charge is 0.376 e. The number of nitrogens with one attached hydrogen (secondary N) is 2. The lowest BCUT2D eigenvalue weighted by atomic mass is 10.2. The van der Waals surface area contributed by atoms with E-state index in [2.05, 4.69) is 33.5 Å². The van der Waals surface area contributed by atoms with E-state index >= 15 is 0 Å².